The molecular formula is C22H16N2. The quantitative estimate of drug-likeness (QED) is 0.398. The largest absolute Gasteiger partial charge is 0.353 e. The first-order valence-electron chi connectivity index (χ1n) is 8.14. The van der Waals surface area contributed by atoms with Crippen LogP contribution in [0.25, 0.3) is 32.6 Å². The Hall–Kier alpha value is -3.26. The second-order valence-corrected chi connectivity index (χ2v) is 6.05. The normalized spacial score (nSPS) is 11.3. The van der Waals surface area contributed by atoms with Crippen molar-refractivity contribution in [1.29, 1.82) is 0 Å². The highest BCUT2D eigenvalue weighted by atomic mass is 14.9. The van der Waals surface area contributed by atoms with Crippen LogP contribution in [0.3, 0.4) is 0 Å². The first kappa shape index (κ1) is 13.2. The maximum atomic E-state index is 3.62. The summed E-state index contributed by atoms with van der Waals surface area (Å²) in [7, 11) is 0. The van der Waals surface area contributed by atoms with Crippen LogP contribution < -0.4 is 5.32 Å². The summed E-state index contributed by atoms with van der Waals surface area (Å²) in [6.07, 6.45) is 0. The highest BCUT2D eigenvalue weighted by Gasteiger charge is 2.08. The van der Waals surface area contributed by atoms with E-state index in [0.29, 0.717) is 0 Å². The minimum Gasteiger partial charge on any atom is -0.353 e. The number of H-pyrrole nitrogens is 1. The SMILES string of the molecule is c1ccc2c(Nc3cccc4c3[nH]c3ccccc34)cccc2c1. The standard InChI is InChI=1S/C22H16N2/c1-2-9-16-15(7-1)8-5-13-19(16)23-21-14-6-11-18-17-10-3-4-12-20(17)24-22(18)21/h1-14,23-24H. The van der Waals surface area contributed by atoms with Crippen LogP contribution in [0.15, 0.2) is 84.9 Å². The van der Waals surface area contributed by atoms with E-state index in [-0.39, 0.29) is 0 Å². The zero-order chi connectivity index (χ0) is 15.9. The van der Waals surface area contributed by atoms with Crippen LogP contribution >= 0.6 is 0 Å². The summed E-state index contributed by atoms with van der Waals surface area (Å²) in [4.78, 5) is 3.55. The predicted molar refractivity (Wildman–Crippen MR) is 103 cm³/mol. The number of hydrogen-bond acceptors (Lipinski definition) is 1. The van der Waals surface area contributed by atoms with Gasteiger partial charge in [-0.05, 0) is 23.6 Å². The van der Waals surface area contributed by atoms with Crippen molar-refractivity contribution >= 4 is 44.0 Å². The fraction of sp³-hybridized carbons (Fsp3) is 0. The lowest BCUT2D eigenvalue weighted by Crippen LogP contribution is -1.92. The van der Waals surface area contributed by atoms with E-state index >= 15 is 0 Å². The van der Waals surface area contributed by atoms with Crippen molar-refractivity contribution < 1.29 is 0 Å². The number of aromatic amines is 1. The van der Waals surface area contributed by atoms with Crippen LogP contribution in [-0.4, -0.2) is 4.98 Å². The minimum absolute atomic E-state index is 1.10. The first-order valence-corrected chi connectivity index (χ1v) is 8.14. The molecule has 0 radical (unpaired) electrons. The number of hydrogen-bond donors (Lipinski definition) is 2. The van der Waals surface area contributed by atoms with Gasteiger partial charge in [0.05, 0.1) is 11.2 Å². The molecular weight excluding hydrogens is 292 g/mol. The summed E-state index contributed by atoms with van der Waals surface area (Å²) in [5.41, 5.74) is 4.53. The molecule has 5 rings (SSSR count). The van der Waals surface area contributed by atoms with E-state index in [1.165, 1.54) is 27.1 Å². The number of fused-ring (bicyclic) bond motifs is 4. The number of anilines is 2. The second kappa shape index (κ2) is 5.14. The topological polar surface area (TPSA) is 27.8 Å². The fourth-order valence-corrected chi connectivity index (χ4v) is 3.46. The van der Waals surface area contributed by atoms with Crippen LogP contribution in [0.4, 0.5) is 11.4 Å². The molecule has 2 N–H and O–H groups in total. The van der Waals surface area contributed by atoms with E-state index < -0.39 is 0 Å². The number of para-hydroxylation sites is 2. The van der Waals surface area contributed by atoms with E-state index in [4.69, 9.17) is 0 Å². The van der Waals surface area contributed by atoms with Crippen molar-refractivity contribution in [2.45, 2.75) is 0 Å². The van der Waals surface area contributed by atoms with Gasteiger partial charge >= 0.3 is 0 Å². The Morgan fingerprint density at radius 3 is 2.17 bits per heavy atom. The summed E-state index contributed by atoms with van der Waals surface area (Å²) in [6, 6.07) is 29.7. The third kappa shape index (κ3) is 1.97. The Morgan fingerprint density at radius 1 is 0.542 bits per heavy atom. The second-order valence-electron chi connectivity index (χ2n) is 6.05. The summed E-state index contributed by atoms with van der Waals surface area (Å²) >= 11 is 0. The van der Waals surface area contributed by atoms with Crippen LogP contribution in [0.1, 0.15) is 0 Å². The van der Waals surface area contributed by atoms with E-state index in [9.17, 15) is 0 Å². The third-order valence-corrected chi connectivity index (χ3v) is 4.60. The van der Waals surface area contributed by atoms with Gasteiger partial charge in [-0.1, -0.05) is 66.7 Å². The average Bonchev–Trinajstić information content (AvgIpc) is 3.02. The molecule has 2 nitrogen and oxygen atoms in total. The van der Waals surface area contributed by atoms with Gasteiger partial charge in [0.1, 0.15) is 0 Å². The summed E-state index contributed by atoms with van der Waals surface area (Å²) in [5, 5.41) is 8.60. The van der Waals surface area contributed by atoms with Crippen molar-refractivity contribution in [1.82, 2.24) is 4.98 Å². The number of benzene rings is 4. The number of nitrogens with one attached hydrogen (secondary N) is 2. The Balaban J connectivity index is 1.72. The van der Waals surface area contributed by atoms with Crippen LogP contribution in [0.2, 0.25) is 0 Å². The molecule has 0 saturated carbocycles. The Labute approximate surface area is 139 Å². The molecule has 4 aromatic carbocycles. The third-order valence-electron chi connectivity index (χ3n) is 4.60. The van der Waals surface area contributed by atoms with Crippen molar-refractivity contribution in [2.75, 3.05) is 5.32 Å². The highest BCUT2D eigenvalue weighted by molar-refractivity contribution is 6.12. The molecule has 24 heavy (non-hydrogen) atoms. The predicted octanol–water partition coefficient (Wildman–Crippen LogP) is 6.22. The van der Waals surface area contributed by atoms with Crippen LogP contribution in [0.5, 0.6) is 0 Å². The lowest BCUT2D eigenvalue weighted by Gasteiger charge is -2.11. The maximum Gasteiger partial charge on any atom is 0.0704 e. The molecule has 2 heteroatoms. The van der Waals surface area contributed by atoms with E-state index in [2.05, 4.69) is 95.2 Å². The summed E-state index contributed by atoms with van der Waals surface area (Å²) < 4.78 is 0. The van der Waals surface area contributed by atoms with Gasteiger partial charge in [0.2, 0.25) is 0 Å². The van der Waals surface area contributed by atoms with Crippen molar-refractivity contribution in [3.8, 4) is 0 Å². The monoisotopic (exact) mass is 308 g/mol. The van der Waals surface area contributed by atoms with Crippen molar-refractivity contribution in [2.24, 2.45) is 0 Å². The molecule has 0 spiro atoms. The molecule has 0 aliphatic carbocycles. The molecule has 0 bridgehead atoms. The van der Waals surface area contributed by atoms with Crippen LogP contribution in [-0.2, 0) is 0 Å². The van der Waals surface area contributed by atoms with Gasteiger partial charge in [0, 0.05) is 27.4 Å². The number of rotatable bonds is 2. The zero-order valence-electron chi connectivity index (χ0n) is 13.1. The van der Waals surface area contributed by atoms with E-state index in [0.717, 1.165) is 16.9 Å². The van der Waals surface area contributed by atoms with Crippen LogP contribution in [0, 0.1) is 0 Å². The molecule has 114 valence electrons. The van der Waals surface area contributed by atoms with Gasteiger partial charge in [-0.25, -0.2) is 0 Å². The Bertz CT molecular complexity index is 1180. The van der Waals surface area contributed by atoms with Gasteiger partial charge in [0.15, 0.2) is 0 Å². The van der Waals surface area contributed by atoms with Gasteiger partial charge in [-0.15, -0.1) is 0 Å². The molecule has 1 aromatic heterocycles. The van der Waals surface area contributed by atoms with E-state index in [1.54, 1.807) is 0 Å². The first-order chi connectivity index (χ1) is 11.9. The number of aromatic nitrogens is 1. The van der Waals surface area contributed by atoms with E-state index in [1.807, 2.05) is 0 Å². The van der Waals surface area contributed by atoms with Gasteiger partial charge < -0.3 is 10.3 Å². The summed E-state index contributed by atoms with van der Waals surface area (Å²) in [5.74, 6) is 0. The van der Waals surface area contributed by atoms with Crippen molar-refractivity contribution in [3.63, 3.8) is 0 Å². The maximum absolute atomic E-state index is 3.62. The molecule has 0 amide bonds. The van der Waals surface area contributed by atoms with Gasteiger partial charge in [-0.2, -0.15) is 0 Å². The fourth-order valence-electron chi connectivity index (χ4n) is 3.46. The molecule has 0 aliphatic rings. The van der Waals surface area contributed by atoms with Gasteiger partial charge in [0.25, 0.3) is 0 Å². The Kier molecular flexibility index (Phi) is 2.83. The Morgan fingerprint density at radius 2 is 1.21 bits per heavy atom. The highest BCUT2D eigenvalue weighted by Crippen LogP contribution is 2.33. The van der Waals surface area contributed by atoms with Crippen molar-refractivity contribution in [3.05, 3.63) is 84.9 Å². The average molecular weight is 308 g/mol. The molecule has 5 aromatic rings. The lowest BCUT2D eigenvalue weighted by molar-refractivity contribution is 1.52. The summed E-state index contributed by atoms with van der Waals surface area (Å²) in [6.45, 7) is 0. The molecule has 0 saturated heterocycles. The molecule has 1 heterocycles. The molecule has 0 aliphatic heterocycles. The zero-order valence-corrected chi connectivity index (χ0v) is 13.1. The smallest absolute Gasteiger partial charge is 0.0704 e. The minimum atomic E-state index is 1.10. The van der Waals surface area contributed by atoms with Gasteiger partial charge in [-0.3, -0.25) is 0 Å². The molecule has 0 fully saturated rings. The molecule has 0 atom stereocenters. The molecule has 0 unspecified atom stereocenters. The lowest BCUT2D eigenvalue weighted by atomic mass is 10.1.